The number of nitrogens with one attached hydrogen (secondary N) is 2. The van der Waals surface area contributed by atoms with Crippen LogP contribution in [0.3, 0.4) is 0 Å². The van der Waals surface area contributed by atoms with Gasteiger partial charge in [-0.25, -0.2) is 0 Å². The fourth-order valence-electron chi connectivity index (χ4n) is 10.3. The minimum Gasteiger partial charge on any atom is -0.494 e. The number of hydrogen-bond donors (Lipinski definition) is 5. The second-order valence-corrected chi connectivity index (χ2v) is 19.0. The van der Waals surface area contributed by atoms with E-state index in [0.29, 0.717) is 18.5 Å². The summed E-state index contributed by atoms with van der Waals surface area (Å²) in [6, 6.07) is -2.12. The first-order valence-corrected chi connectivity index (χ1v) is 22.4. The maximum Gasteiger partial charge on any atom is 0.303 e. The fourth-order valence-corrected chi connectivity index (χ4v) is 10.7. The van der Waals surface area contributed by atoms with Crippen LogP contribution in [-0.4, -0.2) is 135 Å². The number of ketones is 2. The molecule has 64 heavy (non-hydrogen) atoms. The van der Waals surface area contributed by atoms with Crippen LogP contribution >= 0.6 is 23.2 Å². The number of fused-ring (bicyclic) bond motifs is 1. The highest BCUT2D eigenvalue weighted by Crippen LogP contribution is 2.50. The minimum absolute atomic E-state index is 0.00658. The van der Waals surface area contributed by atoms with E-state index in [9.17, 15) is 34.5 Å². The van der Waals surface area contributed by atoms with Crippen molar-refractivity contribution >= 4 is 52.6 Å². The van der Waals surface area contributed by atoms with Crippen LogP contribution in [0.4, 0.5) is 0 Å². The van der Waals surface area contributed by atoms with Gasteiger partial charge in [0, 0.05) is 44.9 Å². The predicted octanol–water partition coefficient (Wildman–Crippen LogP) is 4.64. The molecular weight excluding hydrogens is 877 g/mol. The van der Waals surface area contributed by atoms with Crippen molar-refractivity contribution in [1.82, 2.24) is 15.2 Å². The van der Waals surface area contributed by atoms with E-state index in [0.717, 1.165) is 5.57 Å². The van der Waals surface area contributed by atoms with Gasteiger partial charge in [0.05, 0.1) is 34.4 Å². The fraction of sp³-hybridized carbons (Fsp3) is 0.667. The lowest BCUT2D eigenvalue weighted by atomic mass is 9.60. The average Bonchev–Trinajstić information content (AvgIpc) is 3.63. The topological polar surface area (TPSA) is 232 Å². The number of amides is 1. The van der Waals surface area contributed by atoms with E-state index in [1.54, 1.807) is 41.5 Å². The number of rotatable bonds is 12. The Morgan fingerprint density at radius 1 is 1.00 bits per heavy atom. The highest BCUT2D eigenvalue weighted by molar-refractivity contribution is 6.44. The van der Waals surface area contributed by atoms with E-state index in [1.165, 1.54) is 25.9 Å². The Balaban J connectivity index is 1.27. The normalized spacial score (nSPS) is 37.1. The number of methoxy groups -OCH3 is 1. The van der Waals surface area contributed by atoms with Crippen LogP contribution in [0.2, 0.25) is 10.0 Å². The SMILES string of the molecule is C=C1CCC(OC2CC(O)(C(C)NC(=O)c3[nH]c(C)c(Cl)c3Cl)C(O)C(C)O2)C2C=CC(C)C(C(=O)C3=C(O)N(C4OC(C)C(OC(C)=O)C(OC(C)=O)C4OC)C(C(C)C)C3=O)C12. The number of carbonyl (C=O) groups is 5. The monoisotopic (exact) mass is 937 g/mol. The quantitative estimate of drug-likeness (QED) is 0.109. The number of carbonyl (C=O) groups excluding carboxylic acids is 5. The molecule has 5 aliphatic rings. The molecule has 5 N–H and O–H groups in total. The average molecular weight is 939 g/mol. The Hall–Kier alpha value is -3.81. The van der Waals surface area contributed by atoms with Crippen LogP contribution in [0.25, 0.3) is 0 Å². The van der Waals surface area contributed by atoms with Gasteiger partial charge in [0.2, 0.25) is 5.88 Å². The third-order valence-corrected chi connectivity index (χ3v) is 14.5. The summed E-state index contributed by atoms with van der Waals surface area (Å²) in [4.78, 5) is 71.5. The number of H-pyrrole nitrogens is 1. The largest absolute Gasteiger partial charge is 0.494 e. The molecule has 4 heterocycles. The first-order chi connectivity index (χ1) is 29.9. The molecule has 2 saturated heterocycles. The highest BCUT2D eigenvalue weighted by atomic mass is 35.5. The number of allylic oxidation sites excluding steroid dienone is 2. The molecule has 6 rings (SSSR count). The van der Waals surface area contributed by atoms with Crippen molar-refractivity contribution in [3.8, 4) is 0 Å². The molecular formula is C45H61Cl2N3O14. The number of aryl methyl sites for hydroxylation is 1. The van der Waals surface area contributed by atoms with E-state index in [2.05, 4.69) is 16.9 Å². The number of halogens is 2. The summed E-state index contributed by atoms with van der Waals surface area (Å²) in [5, 5.41) is 38.4. The van der Waals surface area contributed by atoms with Gasteiger partial charge in [0.1, 0.15) is 35.1 Å². The summed E-state index contributed by atoms with van der Waals surface area (Å²) in [5.74, 6) is -6.57. The summed E-state index contributed by atoms with van der Waals surface area (Å²) in [7, 11) is 1.33. The predicted molar refractivity (Wildman–Crippen MR) is 231 cm³/mol. The third kappa shape index (κ3) is 9.03. The highest BCUT2D eigenvalue weighted by Gasteiger charge is 2.59. The molecule has 3 aliphatic heterocycles. The first kappa shape index (κ1) is 49.6. The standard InChI is InChI=1S/C45H61Cl2N3O14/c1-17(2)35-37(54)31(43(57)50(35)44-40(59-11)39(63-25(10)52)38(21(6)61-44)62-24(9)51)36(53)30-19(4)12-14-26-27(15-13-18(3)29(26)30)64-28-16-45(58,41(55)22(7)60-28)23(8)49-42(56)34-33(47)32(46)20(5)48-34/h12,14,17,19,21-23,26-30,35,38-41,44,48,55,57-58H,3,13,15-16H2,1-2,4-11H3,(H,49,56). The second kappa shape index (κ2) is 19.2. The van der Waals surface area contributed by atoms with Gasteiger partial charge in [-0.2, -0.15) is 0 Å². The molecule has 354 valence electrons. The lowest BCUT2D eigenvalue weighted by Gasteiger charge is -2.50. The lowest BCUT2D eigenvalue weighted by molar-refractivity contribution is -0.296. The number of aliphatic hydroxyl groups is 3. The molecule has 0 bridgehead atoms. The van der Waals surface area contributed by atoms with Gasteiger partial charge < -0.3 is 58.9 Å². The van der Waals surface area contributed by atoms with Crippen molar-refractivity contribution in [2.75, 3.05) is 7.11 Å². The van der Waals surface area contributed by atoms with Gasteiger partial charge in [0.25, 0.3) is 5.91 Å². The number of esters is 2. The van der Waals surface area contributed by atoms with Gasteiger partial charge in [-0.05, 0) is 58.3 Å². The van der Waals surface area contributed by atoms with Crippen LogP contribution in [0.5, 0.6) is 0 Å². The van der Waals surface area contributed by atoms with Crippen molar-refractivity contribution in [2.45, 2.75) is 155 Å². The number of Topliss-reactive ketones (excluding diaryl/α,β-unsaturated/α-hetero) is 2. The Morgan fingerprint density at radius 3 is 2.22 bits per heavy atom. The Morgan fingerprint density at radius 2 is 1.64 bits per heavy atom. The van der Waals surface area contributed by atoms with E-state index in [4.69, 9.17) is 51.6 Å². The van der Waals surface area contributed by atoms with Gasteiger partial charge in [0.15, 0.2) is 36.3 Å². The van der Waals surface area contributed by atoms with E-state index in [1.807, 2.05) is 19.1 Å². The molecule has 2 aliphatic carbocycles. The molecule has 1 aromatic rings. The molecule has 0 radical (unpaired) electrons. The zero-order valence-corrected chi connectivity index (χ0v) is 39.3. The van der Waals surface area contributed by atoms with Crippen LogP contribution in [0.15, 0.2) is 35.8 Å². The summed E-state index contributed by atoms with van der Waals surface area (Å²) in [6.07, 6.45) is -5.12. The first-order valence-electron chi connectivity index (χ1n) is 21.7. The van der Waals surface area contributed by atoms with Gasteiger partial charge in [-0.1, -0.05) is 68.3 Å². The summed E-state index contributed by atoms with van der Waals surface area (Å²) >= 11 is 12.5. The number of nitrogens with zero attached hydrogens (tertiary/aromatic N) is 1. The van der Waals surface area contributed by atoms with Crippen molar-refractivity contribution in [2.24, 2.45) is 29.6 Å². The van der Waals surface area contributed by atoms with Crippen LogP contribution in [0, 0.1) is 36.5 Å². The Bertz CT molecular complexity index is 2090. The molecule has 16 atom stereocenters. The number of aromatic nitrogens is 1. The lowest BCUT2D eigenvalue weighted by Crippen LogP contribution is -2.66. The Kier molecular flexibility index (Phi) is 14.9. The van der Waals surface area contributed by atoms with Crippen molar-refractivity contribution in [3.63, 3.8) is 0 Å². The summed E-state index contributed by atoms with van der Waals surface area (Å²) in [5.41, 5.74) is -1.08. The maximum atomic E-state index is 15.1. The number of hydrogen-bond acceptors (Lipinski definition) is 15. The molecule has 1 amide bonds. The van der Waals surface area contributed by atoms with Crippen molar-refractivity contribution < 1.29 is 67.7 Å². The van der Waals surface area contributed by atoms with Crippen LogP contribution in [-0.2, 0) is 47.6 Å². The van der Waals surface area contributed by atoms with Crippen LogP contribution < -0.4 is 5.32 Å². The molecule has 17 nitrogen and oxygen atoms in total. The smallest absolute Gasteiger partial charge is 0.303 e. The van der Waals surface area contributed by atoms with E-state index >= 15 is 4.79 Å². The molecule has 1 saturated carbocycles. The molecule has 19 heteroatoms. The van der Waals surface area contributed by atoms with Crippen LogP contribution in [0.1, 0.15) is 90.8 Å². The number of aromatic amines is 1. The van der Waals surface area contributed by atoms with Gasteiger partial charge in [-0.15, -0.1) is 0 Å². The molecule has 16 unspecified atom stereocenters. The molecule has 1 aromatic heterocycles. The summed E-state index contributed by atoms with van der Waals surface area (Å²) < 4.78 is 36.0. The molecule has 0 aromatic carbocycles. The van der Waals surface area contributed by atoms with Crippen molar-refractivity contribution in [1.29, 1.82) is 0 Å². The third-order valence-electron chi connectivity index (χ3n) is 13.5. The summed E-state index contributed by atoms with van der Waals surface area (Å²) in [6.45, 7) is 18.5. The van der Waals surface area contributed by atoms with Crippen molar-refractivity contribution in [3.05, 3.63) is 57.2 Å². The van der Waals surface area contributed by atoms with Gasteiger partial charge >= 0.3 is 11.9 Å². The Labute approximate surface area is 382 Å². The molecule has 3 fully saturated rings. The van der Waals surface area contributed by atoms with Gasteiger partial charge in [-0.3, -0.25) is 24.0 Å². The van der Waals surface area contributed by atoms with E-state index < -0.39 is 143 Å². The number of ether oxygens (including phenoxy) is 6. The number of aliphatic hydroxyl groups excluding tert-OH is 2. The minimum atomic E-state index is -1.92. The van der Waals surface area contributed by atoms with E-state index in [-0.39, 0.29) is 22.2 Å². The molecule has 0 spiro atoms. The zero-order valence-electron chi connectivity index (χ0n) is 37.8. The second-order valence-electron chi connectivity index (χ2n) is 18.2. The zero-order chi connectivity index (χ0) is 47.4. The maximum absolute atomic E-state index is 15.1.